The number of hydrogen-bond donors (Lipinski definition) is 1. The highest BCUT2D eigenvalue weighted by Crippen LogP contribution is 2.32. The molecule has 0 aromatic heterocycles. The third kappa shape index (κ3) is 2.67. The van der Waals surface area contributed by atoms with Gasteiger partial charge in [-0.3, -0.25) is 0 Å². The molecule has 17 heavy (non-hydrogen) atoms. The number of ether oxygens (including phenoxy) is 1. The van der Waals surface area contributed by atoms with Crippen molar-refractivity contribution < 1.29 is 13.5 Å². The molecule has 0 bridgehead atoms. The van der Waals surface area contributed by atoms with Crippen LogP contribution in [0.4, 0.5) is 8.78 Å². The Bertz CT molecular complexity index is 427. The first-order chi connectivity index (χ1) is 7.99. The van der Waals surface area contributed by atoms with Crippen molar-refractivity contribution in [2.75, 3.05) is 6.61 Å². The van der Waals surface area contributed by atoms with Crippen LogP contribution in [-0.2, 0) is 4.74 Å². The van der Waals surface area contributed by atoms with Gasteiger partial charge >= 0.3 is 0 Å². The monoisotopic (exact) mass is 305 g/mol. The lowest BCUT2D eigenvalue weighted by Crippen LogP contribution is -2.23. The summed E-state index contributed by atoms with van der Waals surface area (Å²) in [5.41, 5.74) is 6.20. The van der Waals surface area contributed by atoms with Gasteiger partial charge in [-0.15, -0.1) is 0 Å². The molecule has 2 nitrogen and oxygen atoms in total. The second-order valence-electron chi connectivity index (χ2n) is 4.45. The fourth-order valence-corrected chi connectivity index (χ4v) is 2.46. The van der Waals surface area contributed by atoms with E-state index in [1.54, 1.807) is 0 Å². The van der Waals surface area contributed by atoms with Gasteiger partial charge < -0.3 is 10.5 Å². The summed E-state index contributed by atoms with van der Waals surface area (Å²) in [4.78, 5) is 0. The molecule has 2 rings (SSSR count). The van der Waals surface area contributed by atoms with Crippen molar-refractivity contribution in [1.82, 2.24) is 0 Å². The van der Waals surface area contributed by atoms with Crippen LogP contribution < -0.4 is 5.73 Å². The van der Waals surface area contributed by atoms with Crippen LogP contribution in [0.2, 0.25) is 0 Å². The minimum absolute atomic E-state index is 0.0417. The van der Waals surface area contributed by atoms with Gasteiger partial charge in [0.05, 0.1) is 17.2 Å². The van der Waals surface area contributed by atoms with Crippen LogP contribution in [0.1, 0.15) is 24.9 Å². The molecule has 1 aromatic carbocycles. The van der Waals surface area contributed by atoms with E-state index in [1.807, 2.05) is 6.92 Å². The van der Waals surface area contributed by atoms with Crippen LogP contribution in [0.5, 0.6) is 0 Å². The van der Waals surface area contributed by atoms with Crippen LogP contribution in [-0.4, -0.2) is 12.7 Å². The molecule has 1 heterocycles. The lowest BCUT2D eigenvalue weighted by molar-refractivity contribution is 0.118. The van der Waals surface area contributed by atoms with Crippen molar-refractivity contribution in [1.29, 1.82) is 0 Å². The summed E-state index contributed by atoms with van der Waals surface area (Å²) < 4.78 is 32.6. The third-order valence-electron chi connectivity index (χ3n) is 3.14. The Morgan fingerprint density at radius 3 is 2.71 bits per heavy atom. The van der Waals surface area contributed by atoms with E-state index >= 15 is 0 Å². The second kappa shape index (κ2) is 5.00. The lowest BCUT2D eigenvalue weighted by Gasteiger charge is -2.19. The Kier molecular flexibility index (Phi) is 3.80. The number of hydrogen-bond acceptors (Lipinski definition) is 2. The van der Waals surface area contributed by atoms with Gasteiger partial charge in [0.1, 0.15) is 11.6 Å². The van der Waals surface area contributed by atoms with Crippen LogP contribution in [0.25, 0.3) is 0 Å². The Hall–Kier alpha value is -0.520. The summed E-state index contributed by atoms with van der Waals surface area (Å²) in [6.45, 7) is 2.45. The molecule has 0 radical (unpaired) electrons. The van der Waals surface area contributed by atoms with E-state index in [9.17, 15) is 8.78 Å². The average Bonchev–Trinajstić information content (AvgIpc) is 2.69. The van der Waals surface area contributed by atoms with Gasteiger partial charge in [0.15, 0.2) is 0 Å². The molecule has 5 heteroatoms. The van der Waals surface area contributed by atoms with Crippen molar-refractivity contribution in [2.45, 2.75) is 25.5 Å². The zero-order chi connectivity index (χ0) is 12.6. The first-order valence-corrected chi connectivity index (χ1v) is 6.30. The smallest absolute Gasteiger partial charge is 0.137 e. The molecule has 94 valence electrons. The Labute approximate surface area is 107 Å². The normalized spacial score (nSPS) is 26.2. The summed E-state index contributed by atoms with van der Waals surface area (Å²) in [7, 11) is 0. The molecule has 0 saturated carbocycles. The number of halogens is 3. The molecule has 0 aliphatic carbocycles. The van der Waals surface area contributed by atoms with Crippen molar-refractivity contribution in [3.05, 3.63) is 33.8 Å². The zero-order valence-electron chi connectivity index (χ0n) is 9.42. The highest BCUT2D eigenvalue weighted by Gasteiger charge is 2.30. The van der Waals surface area contributed by atoms with Crippen molar-refractivity contribution in [2.24, 2.45) is 11.7 Å². The van der Waals surface area contributed by atoms with Crippen LogP contribution >= 0.6 is 15.9 Å². The van der Waals surface area contributed by atoms with Gasteiger partial charge in [-0.25, -0.2) is 8.78 Å². The Morgan fingerprint density at radius 1 is 1.41 bits per heavy atom. The highest BCUT2D eigenvalue weighted by atomic mass is 79.9. The fourth-order valence-electron chi connectivity index (χ4n) is 2.15. The van der Waals surface area contributed by atoms with Gasteiger partial charge in [0, 0.05) is 17.5 Å². The van der Waals surface area contributed by atoms with Crippen LogP contribution in [0.3, 0.4) is 0 Å². The van der Waals surface area contributed by atoms with Gasteiger partial charge in [0.2, 0.25) is 0 Å². The van der Waals surface area contributed by atoms with Crippen LogP contribution in [0.15, 0.2) is 16.6 Å². The number of nitrogens with two attached hydrogens (primary N) is 1. The van der Waals surface area contributed by atoms with Gasteiger partial charge in [-0.2, -0.15) is 0 Å². The van der Waals surface area contributed by atoms with E-state index in [0.29, 0.717) is 6.61 Å². The SMILES string of the molecule is CC1CC(C(N)c2cc(F)c(Br)cc2F)CO1. The van der Waals surface area contributed by atoms with Gasteiger partial charge in [-0.05, 0) is 41.4 Å². The molecule has 1 fully saturated rings. The van der Waals surface area contributed by atoms with E-state index in [-0.39, 0.29) is 22.1 Å². The third-order valence-corrected chi connectivity index (χ3v) is 3.74. The summed E-state index contributed by atoms with van der Waals surface area (Å²) in [5, 5.41) is 0. The molecule has 1 aromatic rings. The van der Waals surface area contributed by atoms with E-state index in [1.165, 1.54) is 0 Å². The second-order valence-corrected chi connectivity index (χ2v) is 5.31. The molecule has 1 aliphatic rings. The Balaban J connectivity index is 2.24. The molecule has 3 unspecified atom stereocenters. The summed E-state index contributed by atoms with van der Waals surface area (Å²) in [6.07, 6.45) is 0.910. The van der Waals surface area contributed by atoms with E-state index in [4.69, 9.17) is 10.5 Å². The number of benzene rings is 1. The van der Waals surface area contributed by atoms with E-state index < -0.39 is 17.7 Å². The first kappa shape index (κ1) is 12.9. The predicted octanol–water partition coefficient (Wildman–Crippen LogP) is 3.15. The maximum atomic E-state index is 13.7. The standard InChI is InChI=1S/C12H14BrF2NO/c1-6-2-7(5-17-6)12(16)8-3-11(15)9(13)4-10(8)14/h3-4,6-7,12H,2,5,16H2,1H3. The molecule has 2 N–H and O–H groups in total. The van der Waals surface area contributed by atoms with Gasteiger partial charge in [0.25, 0.3) is 0 Å². The van der Waals surface area contributed by atoms with Gasteiger partial charge in [-0.1, -0.05) is 0 Å². The predicted molar refractivity (Wildman–Crippen MR) is 64.5 cm³/mol. The zero-order valence-corrected chi connectivity index (χ0v) is 11.0. The van der Waals surface area contributed by atoms with Crippen molar-refractivity contribution in [3.8, 4) is 0 Å². The molecule has 1 aliphatic heterocycles. The minimum Gasteiger partial charge on any atom is -0.378 e. The quantitative estimate of drug-likeness (QED) is 0.852. The lowest BCUT2D eigenvalue weighted by atomic mass is 9.91. The van der Waals surface area contributed by atoms with Crippen molar-refractivity contribution >= 4 is 15.9 Å². The molecule has 0 amide bonds. The molecule has 1 saturated heterocycles. The summed E-state index contributed by atoms with van der Waals surface area (Å²) >= 11 is 2.94. The maximum absolute atomic E-state index is 13.7. The topological polar surface area (TPSA) is 35.2 Å². The minimum atomic E-state index is -0.525. The molecular formula is C12H14BrF2NO. The summed E-state index contributed by atoms with van der Waals surface area (Å²) in [6, 6.07) is 1.75. The number of rotatable bonds is 2. The molecule has 3 atom stereocenters. The van der Waals surface area contributed by atoms with Crippen molar-refractivity contribution in [3.63, 3.8) is 0 Å². The largest absolute Gasteiger partial charge is 0.378 e. The molecule has 0 spiro atoms. The van der Waals surface area contributed by atoms with E-state index in [2.05, 4.69) is 15.9 Å². The maximum Gasteiger partial charge on any atom is 0.137 e. The van der Waals surface area contributed by atoms with E-state index in [0.717, 1.165) is 18.6 Å². The highest BCUT2D eigenvalue weighted by molar-refractivity contribution is 9.10. The van der Waals surface area contributed by atoms with Crippen LogP contribution in [0, 0.1) is 17.6 Å². The first-order valence-electron chi connectivity index (χ1n) is 5.50. The average molecular weight is 306 g/mol. The fraction of sp³-hybridized carbons (Fsp3) is 0.500. The summed E-state index contributed by atoms with van der Waals surface area (Å²) in [5.74, 6) is -0.936. The molecular weight excluding hydrogens is 292 g/mol. The Morgan fingerprint density at radius 2 is 2.12 bits per heavy atom.